The Balaban J connectivity index is 1.48. The Bertz CT molecular complexity index is 320. The Morgan fingerprint density at radius 3 is 2.26 bits per heavy atom. The quantitative estimate of drug-likeness (QED) is 0.648. The van der Waals surface area contributed by atoms with Crippen LogP contribution in [0, 0.1) is 0 Å². The number of likely N-dealkylation sites (tertiary alicyclic amines) is 2. The van der Waals surface area contributed by atoms with E-state index in [4.69, 9.17) is 4.74 Å². The average molecular weight is 268 g/mol. The van der Waals surface area contributed by atoms with Crippen molar-refractivity contribution in [3.8, 4) is 0 Å². The van der Waals surface area contributed by atoms with Gasteiger partial charge in [-0.3, -0.25) is 9.59 Å². The van der Waals surface area contributed by atoms with E-state index >= 15 is 0 Å². The topological polar surface area (TPSA) is 49.9 Å². The van der Waals surface area contributed by atoms with Gasteiger partial charge in [-0.2, -0.15) is 0 Å². The number of nitrogens with zero attached hydrogens (tertiary/aromatic N) is 2. The number of amides is 2. The van der Waals surface area contributed by atoms with Crippen molar-refractivity contribution >= 4 is 11.8 Å². The Labute approximate surface area is 114 Å². The van der Waals surface area contributed by atoms with Crippen LogP contribution in [-0.2, 0) is 14.3 Å². The molecule has 0 aromatic rings. The van der Waals surface area contributed by atoms with E-state index in [1.165, 1.54) is 0 Å². The molecule has 2 saturated heterocycles. The number of carbonyl (C=O) groups excluding carboxylic acids is 2. The van der Waals surface area contributed by atoms with Gasteiger partial charge in [0.15, 0.2) is 0 Å². The van der Waals surface area contributed by atoms with Gasteiger partial charge in [-0.15, -0.1) is 0 Å². The lowest BCUT2D eigenvalue weighted by atomic mass is 10.1. The number of hydrogen-bond acceptors (Lipinski definition) is 3. The Hall–Kier alpha value is -1.10. The van der Waals surface area contributed by atoms with Crippen LogP contribution < -0.4 is 0 Å². The molecule has 0 spiro atoms. The number of piperidine rings is 1. The highest BCUT2D eigenvalue weighted by molar-refractivity contribution is 5.78. The van der Waals surface area contributed by atoms with Crippen LogP contribution in [0.2, 0.25) is 0 Å². The van der Waals surface area contributed by atoms with Crippen LogP contribution in [0.1, 0.15) is 38.5 Å². The van der Waals surface area contributed by atoms with Crippen molar-refractivity contribution in [1.82, 2.24) is 9.80 Å². The van der Waals surface area contributed by atoms with Gasteiger partial charge in [0.1, 0.15) is 0 Å². The predicted octanol–water partition coefficient (Wildman–Crippen LogP) is 1.03. The molecule has 0 aromatic heterocycles. The zero-order valence-corrected chi connectivity index (χ0v) is 11.6. The molecule has 5 heteroatoms. The largest absolute Gasteiger partial charge is 0.380 e. The van der Waals surface area contributed by atoms with Crippen molar-refractivity contribution in [2.75, 3.05) is 39.4 Å². The zero-order chi connectivity index (χ0) is 13.5. The molecule has 2 heterocycles. The third-order valence-corrected chi connectivity index (χ3v) is 3.82. The maximum Gasteiger partial charge on any atom is 0.222 e. The number of hydrogen-bond donors (Lipinski definition) is 0. The summed E-state index contributed by atoms with van der Waals surface area (Å²) in [5.41, 5.74) is 0. The molecule has 0 unspecified atom stereocenters. The van der Waals surface area contributed by atoms with Gasteiger partial charge in [0.25, 0.3) is 0 Å². The van der Waals surface area contributed by atoms with Gasteiger partial charge in [-0.05, 0) is 25.7 Å². The lowest BCUT2D eigenvalue weighted by Gasteiger charge is -2.26. The molecule has 2 aliphatic heterocycles. The summed E-state index contributed by atoms with van der Waals surface area (Å²) in [6, 6.07) is 0. The van der Waals surface area contributed by atoms with E-state index in [2.05, 4.69) is 0 Å². The summed E-state index contributed by atoms with van der Waals surface area (Å²) in [6.45, 7) is 4.58. The van der Waals surface area contributed by atoms with Crippen molar-refractivity contribution in [3.63, 3.8) is 0 Å². The van der Waals surface area contributed by atoms with Crippen molar-refractivity contribution < 1.29 is 14.3 Å². The van der Waals surface area contributed by atoms with E-state index in [0.29, 0.717) is 32.6 Å². The Kier molecular flexibility index (Phi) is 5.63. The molecule has 2 rings (SSSR count). The molecule has 0 radical (unpaired) electrons. The fourth-order valence-corrected chi connectivity index (χ4v) is 2.67. The lowest BCUT2D eigenvalue weighted by Crippen LogP contribution is -2.37. The maximum atomic E-state index is 11.6. The molecule has 0 saturated carbocycles. The van der Waals surface area contributed by atoms with Crippen LogP contribution in [0.3, 0.4) is 0 Å². The molecule has 5 nitrogen and oxygen atoms in total. The fourth-order valence-electron chi connectivity index (χ4n) is 2.67. The summed E-state index contributed by atoms with van der Waals surface area (Å²) < 4.78 is 5.55. The molecule has 2 fully saturated rings. The molecule has 0 N–H and O–H groups in total. The van der Waals surface area contributed by atoms with E-state index in [-0.39, 0.29) is 11.8 Å². The molecule has 108 valence electrons. The van der Waals surface area contributed by atoms with Gasteiger partial charge in [0, 0.05) is 45.6 Å². The van der Waals surface area contributed by atoms with Crippen LogP contribution in [-0.4, -0.2) is 61.0 Å². The first kappa shape index (κ1) is 14.3. The predicted molar refractivity (Wildman–Crippen MR) is 71.7 cm³/mol. The third-order valence-electron chi connectivity index (χ3n) is 3.82. The second-order valence-electron chi connectivity index (χ2n) is 5.29. The average Bonchev–Trinajstić information content (AvgIpc) is 2.81. The van der Waals surface area contributed by atoms with Crippen LogP contribution in [0.15, 0.2) is 0 Å². The monoisotopic (exact) mass is 268 g/mol. The molecule has 0 bridgehead atoms. The summed E-state index contributed by atoms with van der Waals surface area (Å²) in [6.07, 6.45) is 5.42. The summed E-state index contributed by atoms with van der Waals surface area (Å²) in [4.78, 5) is 26.7. The van der Waals surface area contributed by atoms with Crippen molar-refractivity contribution in [1.29, 1.82) is 0 Å². The standard InChI is InChI=1S/C14H24N2O3/c17-13-5-1-2-7-16(13)10-12-19-11-4-9-15-8-3-6-14(15)18/h1-12H2. The van der Waals surface area contributed by atoms with Crippen LogP contribution in [0.4, 0.5) is 0 Å². The summed E-state index contributed by atoms with van der Waals surface area (Å²) >= 11 is 0. The zero-order valence-electron chi connectivity index (χ0n) is 11.6. The maximum absolute atomic E-state index is 11.6. The Morgan fingerprint density at radius 2 is 1.53 bits per heavy atom. The minimum atomic E-state index is 0.262. The molecule has 2 amide bonds. The van der Waals surface area contributed by atoms with Crippen LogP contribution in [0.5, 0.6) is 0 Å². The normalized spacial score (nSPS) is 20.4. The SMILES string of the molecule is O=C1CCCN1CCCOCCN1CCCCC1=O. The van der Waals surface area contributed by atoms with Crippen molar-refractivity contribution in [2.45, 2.75) is 38.5 Å². The van der Waals surface area contributed by atoms with Crippen LogP contribution >= 0.6 is 0 Å². The Morgan fingerprint density at radius 1 is 0.842 bits per heavy atom. The van der Waals surface area contributed by atoms with Gasteiger partial charge in [-0.25, -0.2) is 0 Å². The summed E-state index contributed by atoms with van der Waals surface area (Å²) in [7, 11) is 0. The van der Waals surface area contributed by atoms with Gasteiger partial charge >= 0.3 is 0 Å². The molecule has 0 aliphatic carbocycles. The van der Waals surface area contributed by atoms with E-state index < -0.39 is 0 Å². The molecular formula is C14H24N2O3. The number of carbonyl (C=O) groups is 2. The van der Waals surface area contributed by atoms with Gasteiger partial charge < -0.3 is 14.5 Å². The summed E-state index contributed by atoms with van der Waals surface area (Å²) in [5, 5.41) is 0. The van der Waals surface area contributed by atoms with E-state index in [1.54, 1.807) is 0 Å². The smallest absolute Gasteiger partial charge is 0.222 e. The molecule has 2 aliphatic rings. The van der Waals surface area contributed by atoms with E-state index in [9.17, 15) is 9.59 Å². The third kappa shape index (κ3) is 4.49. The first-order valence-corrected chi connectivity index (χ1v) is 7.40. The second-order valence-corrected chi connectivity index (χ2v) is 5.29. The highest BCUT2D eigenvalue weighted by Gasteiger charge is 2.19. The van der Waals surface area contributed by atoms with Gasteiger partial charge in [0.05, 0.1) is 6.61 Å². The highest BCUT2D eigenvalue weighted by atomic mass is 16.5. The minimum absolute atomic E-state index is 0.262. The lowest BCUT2D eigenvalue weighted by molar-refractivity contribution is -0.134. The first-order valence-electron chi connectivity index (χ1n) is 7.40. The molecule has 0 aromatic carbocycles. The van der Waals surface area contributed by atoms with Gasteiger partial charge in [-0.1, -0.05) is 0 Å². The van der Waals surface area contributed by atoms with Gasteiger partial charge in [0.2, 0.25) is 11.8 Å². The number of rotatable bonds is 7. The summed E-state index contributed by atoms with van der Waals surface area (Å²) in [5.74, 6) is 0.538. The second kappa shape index (κ2) is 7.48. The first-order chi connectivity index (χ1) is 9.27. The van der Waals surface area contributed by atoms with Crippen molar-refractivity contribution in [2.24, 2.45) is 0 Å². The fraction of sp³-hybridized carbons (Fsp3) is 0.857. The van der Waals surface area contributed by atoms with Crippen LogP contribution in [0.25, 0.3) is 0 Å². The number of ether oxygens (including phenoxy) is 1. The van der Waals surface area contributed by atoms with Crippen molar-refractivity contribution in [3.05, 3.63) is 0 Å². The minimum Gasteiger partial charge on any atom is -0.380 e. The molecule has 0 atom stereocenters. The highest BCUT2D eigenvalue weighted by Crippen LogP contribution is 2.10. The van der Waals surface area contributed by atoms with E-state index in [1.807, 2.05) is 9.80 Å². The molecular weight excluding hydrogens is 244 g/mol. The molecule has 19 heavy (non-hydrogen) atoms. The van der Waals surface area contributed by atoms with E-state index in [0.717, 1.165) is 45.3 Å².